The Kier molecular flexibility index (Phi) is 6.69. The molecule has 1 aliphatic rings. The second kappa shape index (κ2) is 9.20. The number of amides is 1. The largest absolute Gasteiger partial charge is 0.324 e. The van der Waals surface area contributed by atoms with Crippen LogP contribution in [-0.2, 0) is 11.3 Å². The van der Waals surface area contributed by atoms with E-state index in [0.717, 1.165) is 44.0 Å². The number of nitrogens with one attached hydrogen (secondary N) is 1. The van der Waals surface area contributed by atoms with Crippen molar-refractivity contribution in [1.29, 1.82) is 5.26 Å². The maximum atomic E-state index is 12.7. The molecule has 3 rings (SSSR count). The quantitative estimate of drug-likeness (QED) is 0.837. The summed E-state index contributed by atoms with van der Waals surface area (Å²) >= 11 is 6.04. The van der Waals surface area contributed by atoms with Gasteiger partial charge in [0.15, 0.2) is 0 Å². The Morgan fingerprint density at radius 3 is 2.50 bits per heavy atom. The van der Waals surface area contributed by atoms with Crippen LogP contribution in [0.15, 0.2) is 42.5 Å². The summed E-state index contributed by atoms with van der Waals surface area (Å²) in [7, 11) is 0. The lowest BCUT2D eigenvalue weighted by Crippen LogP contribution is -2.52. The van der Waals surface area contributed by atoms with Crippen molar-refractivity contribution in [1.82, 2.24) is 9.80 Å². The van der Waals surface area contributed by atoms with E-state index in [4.69, 9.17) is 16.9 Å². The first-order valence-corrected chi connectivity index (χ1v) is 9.86. The summed E-state index contributed by atoms with van der Waals surface area (Å²) < 4.78 is 0. The lowest BCUT2D eigenvalue weighted by molar-refractivity contribution is -0.121. The minimum Gasteiger partial charge on any atom is -0.324 e. The summed E-state index contributed by atoms with van der Waals surface area (Å²) in [6.45, 7) is 8.28. The SMILES string of the molecule is Cc1ccc(Cl)cc1NC(=O)C(C)N1CCN(Cc2ccc(C#N)cc2)CC1. The number of anilines is 1. The number of carbonyl (C=O) groups is 1. The highest BCUT2D eigenvalue weighted by atomic mass is 35.5. The molecular weight excluding hydrogens is 372 g/mol. The van der Waals surface area contributed by atoms with Crippen LogP contribution in [0.5, 0.6) is 0 Å². The van der Waals surface area contributed by atoms with Gasteiger partial charge in [0.1, 0.15) is 0 Å². The van der Waals surface area contributed by atoms with Gasteiger partial charge in [-0.05, 0) is 49.2 Å². The molecule has 0 saturated carbocycles. The van der Waals surface area contributed by atoms with E-state index in [-0.39, 0.29) is 11.9 Å². The molecule has 6 heteroatoms. The second-order valence-electron chi connectivity index (χ2n) is 7.25. The molecule has 2 aromatic rings. The van der Waals surface area contributed by atoms with E-state index >= 15 is 0 Å². The van der Waals surface area contributed by atoms with Gasteiger partial charge in [0.2, 0.25) is 5.91 Å². The fourth-order valence-electron chi connectivity index (χ4n) is 3.38. The average Bonchev–Trinajstić information content (AvgIpc) is 2.71. The summed E-state index contributed by atoms with van der Waals surface area (Å²) in [6.07, 6.45) is 0. The molecule has 1 aliphatic heterocycles. The molecule has 1 N–H and O–H groups in total. The highest BCUT2D eigenvalue weighted by molar-refractivity contribution is 6.31. The number of hydrogen-bond donors (Lipinski definition) is 1. The number of benzene rings is 2. The lowest BCUT2D eigenvalue weighted by Gasteiger charge is -2.37. The Morgan fingerprint density at radius 1 is 1.18 bits per heavy atom. The topological polar surface area (TPSA) is 59.4 Å². The van der Waals surface area contributed by atoms with Crippen molar-refractivity contribution in [3.63, 3.8) is 0 Å². The highest BCUT2D eigenvalue weighted by Gasteiger charge is 2.25. The van der Waals surface area contributed by atoms with Gasteiger partial charge in [-0.3, -0.25) is 14.6 Å². The predicted molar refractivity (Wildman–Crippen MR) is 112 cm³/mol. The summed E-state index contributed by atoms with van der Waals surface area (Å²) in [6, 6.07) is 15.2. The molecule has 1 heterocycles. The van der Waals surface area contributed by atoms with Gasteiger partial charge >= 0.3 is 0 Å². The first-order chi connectivity index (χ1) is 13.5. The second-order valence-corrected chi connectivity index (χ2v) is 7.68. The van der Waals surface area contributed by atoms with E-state index in [9.17, 15) is 4.79 Å². The van der Waals surface area contributed by atoms with Gasteiger partial charge in [-0.1, -0.05) is 29.8 Å². The molecule has 1 fully saturated rings. The molecule has 0 bridgehead atoms. The van der Waals surface area contributed by atoms with Crippen molar-refractivity contribution in [3.8, 4) is 6.07 Å². The van der Waals surface area contributed by atoms with Crippen LogP contribution in [0.2, 0.25) is 5.02 Å². The zero-order chi connectivity index (χ0) is 20.1. The van der Waals surface area contributed by atoms with Crippen LogP contribution in [0, 0.1) is 18.3 Å². The van der Waals surface area contributed by atoms with Gasteiger partial charge in [0.05, 0.1) is 17.7 Å². The van der Waals surface area contributed by atoms with Crippen molar-refractivity contribution in [2.45, 2.75) is 26.4 Å². The third-order valence-electron chi connectivity index (χ3n) is 5.28. The minimum absolute atomic E-state index is 0.00842. The maximum absolute atomic E-state index is 12.7. The third-order valence-corrected chi connectivity index (χ3v) is 5.52. The van der Waals surface area contributed by atoms with E-state index in [1.807, 2.05) is 50.2 Å². The van der Waals surface area contributed by atoms with Crippen molar-refractivity contribution in [2.24, 2.45) is 0 Å². The number of piperazine rings is 1. The van der Waals surface area contributed by atoms with E-state index in [1.54, 1.807) is 6.07 Å². The monoisotopic (exact) mass is 396 g/mol. The zero-order valence-electron chi connectivity index (χ0n) is 16.3. The van der Waals surface area contributed by atoms with E-state index in [1.165, 1.54) is 5.56 Å². The van der Waals surface area contributed by atoms with Crippen molar-refractivity contribution >= 4 is 23.2 Å². The number of hydrogen-bond acceptors (Lipinski definition) is 4. The fourth-order valence-corrected chi connectivity index (χ4v) is 3.56. The van der Waals surface area contributed by atoms with E-state index < -0.39 is 0 Å². The van der Waals surface area contributed by atoms with Crippen LogP contribution < -0.4 is 5.32 Å². The van der Waals surface area contributed by atoms with E-state index in [2.05, 4.69) is 21.2 Å². The number of nitriles is 1. The molecule has 1 atom stereocenters. The molecule has 5 nitrogen and oxygen atoms in total. The van der Waals surface area contributed by atoms with Crippen LogP contribution in [0.1, 0.15) is 23.6 Å². The molecule has 1 amide bonds. The molecule has 0 aromatic heterocycles. The Morgan fingerprint density at radius 2 is 1.86 bits per heavy atom. The Hall–Kier alpha value is -2.39. The molecule has 0 radical (unpaired) electrons. The summed E-state index contributed by atoms with van der Waals surface area (Å²) in [5.74, 6) is -0.00842. The van der Waals surface area contributed by atoms with Gasteiger partial charge in [0.25, 0.3) is 0 Å². The number of aryl methyl sites for hydroxylation is 1. The predicted octanol–water partition coefficient (Wildman–Crippen LogP) is 3.66. The Balaban J connectivity index is 1.51. The summed E-state index contributed by atoms with van der Waals surface area (Å²) in [5.41, 5.74) is 3.65. The van der Waals surface area contributed by atoms with Crippen LogP contribution in [0.25, 0.3) is 0 Å². The van der Waals surface area contributed by atoms with Crippen LogP contribution in [0.3, 0.4) is 0 Å². The third kappa shape index (κ3) is 5.11. The van der Waals surface area contributed by atoms with Crippen LogP contribution in [0.4, 0.5) is 5.69 Å². The Labute approximate surface area is 171 Å². The van der Waals surface area contributed by atoms with Crippen molar-refractivity contribution < 1.29 is 4.79 Å². The highest BCUT2D eigenvalue weighted by Crippen LogP contribution is 2.21. The van der Waals surface area contributed by atoms with Crippen molar-refractivity contribution in [3.05, 3.63) is 64.2 Å². The fraction of sp³-hybridized carbons (Fsp3) is 0.364. The van der Waals surface area contributed by atoms with Crippen LogP contribution in [-0.4, -0.2) is 47.9 Å². The number of rotatable bonds is 5. The number of nitrogens with zero attached hydrogens (tertiary/aromatic N) is 3. The molecular formula is C22H25ClN4O. The van der Waals surface area contributed by atoms with Gasteiger partial charge < -0.3 is 5.32 Å². The van der Waals surface area contributed by atoms with Gasteiger partial charge in [0, 0.05) is 43.4 Å². The smallest absolute Gasteiger partial charge is 0.241 e. The summed E-state index contributed by atoms with van der Waals surface area (Å²) in [5, 5.41) is 12.5. The van der Waals surface area contributed by atoms with Gasteiger partial charge in [-0.25, -0.2) is 0 Å². The first kappa shape index (κ1) is 20.3. The standard InChI is InChI=1S/C22H25ClN4O/c1-16-3-8-20(23)13-21(16)25-22(28)17(2)27-11-9-26(10-12-27)15-19-6-4-18(14-24)5-7-19/h3-8,13,17H,9-12,15H2,1-2H3,(H,25,28). The minimum atomic E-state index is -0.199. The van der Waals surface area contributed by atoms with Gasteiger partial charge in [-0.2, -0.15) is 5.26 Å². The number of halogens is 1. The van der Waals surface area contributed by atoms with E-state index in [0.29, 0.717) is 10.6 Å². The molecule has 1 unspecified atom stereocenters. The molecule has 1 saturated heterocycles. The molecule has 0 aliphatic carbocycles. The molecule has 0 spiro atoms. The normalized spacial score (nSPS) is 16.4. The molecule has 28 heavy (non-hydrogen) atoms. The number of carbonyl (C=O) groups excluding carboxylic acids is 1. The van der Waals surface area contributed by atoms with Crippen molar-refractivity contribution in [2.75, 3.05) is 31.5 Å². The van der Waals surface area contributed by atoms with Crippen LogP contribution >= 0.6 is 11.6 Å². The molecule has 2 aromatic carbocycles. The maximum Gasteiger partial charge on any atom is 0.241 e. The average molecular weight is 397 g/mol. The molecule has 146 valence electrons. The lowest BCUT2D eigenvalue weighted by atomic mass is 10.1. The first-order valence-electron chi connectivity index (χ1n) is 9.49. The zero-order valence-corrected chi connectivity index (χ0v) is 17.0. The summed E-state index contributed by atoms with van der Waals surface area (Å²) in [4.78, 5) is 17.3. The van der Waals surface area contributed by atoms with Gasteiger partial charge in [-0.15, -0.1) is 0 Å². The Bertz CT molecular complexity index is 867.